The second-order valence-electron chi connectivity index (χ2n) is 6.62. The summed E-state index contributed by atoms with van der Waals surface area (Å²) >= 11 is 0. The number of rotatable bonds is 4. The van der Waals surface area contributed by atoms with Crippen LogP contribution in [0.15, 0.2) is 12.4 Å². The third-order valence-corrected chi connectivity index (χ3v) is 6.40. The van der Waals surface area contributed by atoms with E-state index >= 15 is 0 Å². The molecule has 24 heavy (non-hydrogen) atoms. The summed E-state index contributed by atoms with van der Waals surface area (Å²) in [5.74, 6) is 0. The average molecular weight is 356 g/mol. The van der Waals surface area contributed by atoms with E-state index in [1.54, 1.807) is 12.4 Å². The van der Waals surface area contributed by atoms with Crippen molar-refractivity contribution < 1.29 is 18.3 Å². The summed E-state index contributed by atoms with van der Waals surface area (Å²) in [7, 11) is -1.79. The molecule has 3 heterocycles. The number of methoxy groups -OCH3 is 1. The zero-order valence-corrected chi connectivity index (χ0v) is 14.9. The summed E-state index contributed by atoms with van der Waals surface area (Å²) in [6.45, 7) is 2.30. The number of hydrogen-bond acceptors (Lipinski definition) is 7. The van der Waals surface area contributed by atoms with Crippen LogP contribution in [0.25, 0.3) is 0 Å². The van der Waals surface area contributed by atoms with Gasteiger partial charge < -0.3 is 9.84 Å². The molecule has 0 bridgehead atoms. The molecule has 1 spiro atoms. The highest BCUT2D eigenvalue weighted by atomic mass is 32.2. The number of aliphatic hydroxyl groups excluding tert-OH is 1. The number of aliphatic hydroxyl groups is 1. The van der Waals surface area contributed by atoms with Crippen LogP contribution in [0, 0.1) is 0 Å². The first-order chi connectivity index (χ1) is 11.3. The van der Waals surface area contributed by atoms with E-state index < -0.39 is 21.7 Å². The maximum Gasteiger partial charge on any atom is 0.316 e. The topological polar surface area (TPSA) is 95.9 Å². The predicted octanol–water partition coefficient (Wildman–Crippen LogP) is -0.154. The molecule has 2 aliphatic heterocycles. The van der Waals surface area contributed by atoms with Crippen molar-refractivity contribution in [2.75, 3.05) is 33.0 Å². The molecule has 8 nitrogen and oxygen atoms in total. The van der Waals surface area contributed by atoms with Crippen LogP contribution in [0.2, 0.25) is 0 Å². The third kappa shape index (κ3) is 3.26. The highest BCUT2D eigenvalue weighted by Crippen LogP contribution is 2.40. The standard InChI is InChI=1S/C15H24N4O4S/c1-23-14-16-8-12(9-17-14)10-18-7-5-15(13(20)11-18)4-3-6-19(15)24(2,21)22/h8-9,13,20H,3-7,10-11H2,1-2H3/t13-,15-/m0/s1. The van der Waals surface area contributed by atoms with Gasteiger partial charge in [0.15, 0.2) is 0 Å². The Morgan fingerprint density at radius 2 is 2.04 bits per heavy atom. The number of nitrogens with zero attached hydrogens (tertiary/aromatic N) is 4. The van der Waals surface area contributed by atoms with Gasteiger partial charge in [0, 0.05) is 44.1 Å². The monoisotopic (exact) mass is 356 g/mol. The van der Waals surface area contributed by atoms with E-state index in [2.05, 4.69) is 14.9 Å². The van der Waals surface area contributed by atoms with Gasteiger partial charge in [-0.25, -0.2) is 18.4 Å². The molecule has 9 heteroatoms. The minimum atomic E-state index is -3.31. The molecule has 0 amide bonds. The van der Waals surface area contributed by atoms with Crippen LogP contribution >= 0.6 is 0 Å². The van der Waals surface area contributed by atoms with Gasteiger partial charge in [-0.2, -0.15) is 4.31 Å². The number of hydrogen-bond donors (Lipinski definition) is 1. The Kier molecular flexibility index (Phi) is 4.78. The van der Waals surface area contributed by atoms with Crippen molar-refractivity contribution in [1.29, 1.82) is 0 Å². The van der Waals surface area contributed by atoms with Crippen molar-refractivity contribution in [3.05, 3.63) is 18.0 Å². The van der Waals surface area contributed by atoms with Gasteiger partial charge >= 0.3 is 6.01 Å². The minimum absolute atomic E-state index is 0.325. The SMILES string of the molecule is COc1ncc(CN2CC[C@@]3(CCCN3S(C)(=O)=O)[C@@H](O)C2)cn1. The molecule has 3 rings (SSSR count). The van der Waals surface area contributed by atoms with Crippen molar-refractivity contribution in [3.8, 4) is 6.01 Å². The van der Waals surface area contributed by atoms with E-state index in [1.165, 1.54) is 17.7 Å². The van der Waals surface area contributed by atoms with Crippen molar-refractivity contribution in [2.24, 2.45) is 0 Å². The van der Waals surface area contributed by atoms with E-state index in [0.29, 0.717) is 32.1 Å². The number of sulfonamides is 1. The molecule has 2 fully saturated rings. The Morgan fingerprint density at radius 1 is 1.33 bits per heavy atom. The first-order valence-electron chi connectivity index (χ1n) is 8.08. The molecule has 1 aromatic rings. The summed E-state index contributed by atoms with van der Waals surface area (Å²) in [6, 6.07) is 0.325. The molecular formula is C15H24N4O4S. The minimum Gasteiger partial charge on any atom is -0.467 e. The fourth-order valence-corrected chi connectivity index (χ4v) is 5.34. The lowest BCUT2D eigenvalue weighted by molar-refractivity contribution is -0.0380. The number of likely N-dealkylation sites (tertiary alicyclic amines) is 1. The maximum absolute atomic E-state index is 12.1. The Morgan fingerprint density at radius 3 is 2.62 bits per heavy atom. The number of piperidine rings is 1. The molecule has 1 aromatic heterocycles. The lowest BCUT2D eigenvalue weighted by Gasteiger charge is -2.47. The Bertz CT molecular complexity index is 681. The number of aromatic nitrogens is 2. The fourth-order valence-electron chi connectivity index (χ4n) is 3.91. The molecule has 0 aromatic carbocycles. The van der Waals surface area contributed by atoms with E-state index in [4.69, 9.17) is 4.74 Å². The Labute approximate surface area is 142 Å². The first kappa shape index (κ1) is 17.5. The zero-order chi connectivity index (χ0) is 17.4. The molecule has 0 unspecified atom stereocenters. The normalized spacial score (nSPS) is 29.2. The van der Waals surface area contributed by atoms with Crippen LogP contribution in [0.3, 0.4) is 0 Å². The quantitative estimate of drug-likeness (QED) is 0.801. The smallest absolute Gasteiger partial charge is 0.316 e. The second kappa shape index (κ2) is 6.55. The van der Waals surface area contributed by atoms with Gasteiger partial charge in [-0.1, -0.05) is 0 Å². The predicted molar refractivity (Wildman–Crippen MR) is 88.0 cm³/mol. The van der Waals surface area contributed by atoms with Crippen LogP contribution in [0.1, 0.15) is 24.8 Å². The lowest BCUT2D eigenvalue weighted by atomic mass is 9.83. The molecule has 2 aliphatic rings. The largest absolute Gasteiger partial charge is 0.467 e. The summed E-state index contributed by atoms with van der Waals surface area (Å²) in [6.07, 6.45) is 6.12. The van der Waals surface area contributed by atoms with Crippen molar-refractivity contribution in [3.63, 3.8) is 0 Å². The highest BCUT2D eigenvalue weighted by molar-refractivity contribution is 7.88. The molecule has 2 saturated heterocycles. The van der Waals surface area contributed by atoms with E-state index in [0.717, 1.165) is 24.9 Å². The molecule has 2 atom stereocenters. The summed E-state index contributed by atoms with van der Waals surface area (Å²) in [5.41, 5.74) is 0.297. The van der Waals surface area contributed by atoms with Crippen molar-refractivity contribution in [2.45, 2.75) is 37.5 Å². The molecule has 0 saturated carbocycles. The Hall–Kier alpha value is -1.29. The second-order valence-corrected chi connectivity index (χ2v) is 8.53. The van der Waals surface area contributed by atoms with Crippen LogP contribution < -0.4 is 4.74 Å². The zero-order valence-electron chi connectivity index (χ0n) is 14.1. The molecule has 134 valence electrons. The van der Waals surface area contributed by atoms with Crippen LogP contribution in [0.5, 0.6) is 6.01 Å². The molecular weight excluding hydrogens is 332 g/mol. The number of ether oxygens (including phenoxy) is 1. The van der Waals surface area contributed by atoms with Gasteiger partial charge in [0.2, 0.25) is 10.0 Å². The maximum atomic E-state index is 12.1. The van der Waals surface area contributed by atoms with E-state index in [-0.39, 0.29) is 0 Å². The third-order valence-electron chi connectivity index (χ3n) is 5.05. The average Bonchev–Trinajstić information content (AvgIpc) is 2.97. The van der Waals surface area contributed by atoms with Gasteiger partial charge in [0.25, 0.3) is 0 Å². The first-order valence-corrected chi connectivity index (χ1v) is 9.93. The van der Waals surface area contributed by atoms with Gasteiger partial charge in [-0.3, -0.25) is 4.90 Å². The highest BCUT2D eigenvalue weighted by Gasteiger charge is 2.52. The van der Waals surface area contributed by atoms with Crippen LogP contribution in [-0.2, 0) is 16.6 Å². The van der Waals surface area contributed by atoms with Gasteiger partial charge in [-0.05, 0) is 19.3 Å². The summed E-state index contributed by atoms with van der Waals surface area (Å²) < 4.78 is 30.6. The van der Waals surface area contributed by atoms with Crippen molar-refractivity contribution >= 4 is 10.0 Å². The van der Waals surface area contributed by atoms with Gasteiger partial charge in [0.05, 0.1) is 25.0 Å². The van der Waals surface area contributed by atoms with E-state index in [1.807, 2.05) is 0 Å². The van der Waals surface area contributed by atoms with Crippen LogP contribution in [0.4, 0.5) is 0 Å². The summed E-state index contributed by atoms with van der Waals surface area (Å²) in [4.78, 5) is 10.3. The molecule has 1 N–H and O–H groups in total. The molecule has 0 radical (unpaired) electrons. The molecule has 0 aliphatic carbocycles. The number of β-amino-alcohol motifs (C(OH)–C–C–N with tert-alkyl or cyclic N) is 1. The Balaban J connectivity index is 1.68. The summed E-state index contributed by atoms with van der Waals surface area (Å²) in [5, 5.41) is 10.7. The van der Waals surface area contributed by atoms with Crippen LogP contribution in [-0.4, -0.2) is 77.3 Å². The van der Waals surface area contributed by atoms with Gasteiger partial charge in [0.1, 0.15) is 0 Å². The lowest BCUT2D eigenvalue weighted by Crippen LogP contribution is -2.62. The van der Waals surface area contributed by atoms with Crippen molar-refractivity contribution in [1.82, 2.24) is 19.2 Å². The fraction of sp³-hybridized carbons (Fsp3) is 0.733. The van der Waals surface area contributed by atoms with Gasteiger partial charge in [-0.15, -0.1) is 0 Å². The van der Waals surface area contributed by atoms with E-state index in [9.17, 15) is 13.5 Å².